The summed E-state index contributed by atoms with van der Waals surface area (Å²) in [7, 11) is 2.17. The van der Waals surface area contributed by atoms with Crippen LogP contribution in [-0.2, 0) is 9.59 Å². The molecule has 1 amide bonds. The first-order chi connectivity index (χ1) is 24.4. The summed E-state index contributed by atoms with van der Waals surface area (Å²) in [5, 5.41) is 24.3. The molecule has 0 aliphatic carbocycles. The predicted octanol–water partition coefficient (Wildman–Crippen LogP) is 5.49. The van der Waals surface area contributed by atoms with Gasteiger partial charge in [0.05, 0.1) is 22.8 Å². The van der Waals surface area contributed by atoms with E-state index in [9.17, 15) is 31.1 Å². The minimum atomic E-state index is -5.08. The fraction of sp³-hybridized carbons (Fsp3) is 0.485. The zero-order valence-corrected chi connectivity index (χ0v) is 28.4. The second kappa shape index (κ2) is 16.7. The van der Waals surface area contributed by atoms with Crippen LogP contribution in [0.15, 0.2) is 36.5 Å². The summed E-state index contributed by atoms with van der Waals surface area (Å²) in [6.07, 6.45) is -2.82. The van der Waals surface area contributed by atoms with Crippen LogP contribution in [0.5, 0.6) is 0 Å². The summed E-state index contributed by atoms with van der Waals surface area (Å²) < 4.78 is 65.6. The van der Waals surface area contributed by atoms with Crippen molar-refractivity contribution in [3.8, 4) is 0 Å². The van der Waals surface area contributed by atoms with Crippen LogP contribution in [0, 0.1) is 6.92 Å². The molecule has 2 aliphatic rings. The van der Waals surface area contributed by atoms with Crippen molar-refractivity contribution in [2.24, 2.45) is 5.73 Å². The molecule has 2 saturated heterocycles. The highest BCUT2D eigenvalue weighted by Crippen LogP contribution is 2.32. The van der Waals surface area contributed by atoms with Crippen molar-refractivity contribution in [2.45, 2.75) is 63.5 Å². The van der Waals surface area contributed by atoms with Crippen LogP contribution in [0.25, 0.3) is 21.8 Å². The molecular weight excluding hydrogens is 702 g/mol. The maximum Gasteiger partial charge on any atom is 0.490 e. The van der Waals surface area contributed by atoms with Crippen LogP contribution in [-0.4, -0.2) is 110 Å². The Balaban J connectivity index is 0.000000367. The molecule has 6 rings (SSSR count). The van der Waals surface area contributed by atoms with E-state index in [0.29, 0.717) is 23.5 Å². The van der Waals surface area contributed by atoms with Crippen LogP contribution in [0.2, 0.25) is 0 Å². The first kappa shape index (κ1) is 40.0. The zero-order valence-electron chi connectivity index (χ0n) is 28.4. The van der Waals surface area contributed by atoms with Gasteiger partial charge in [-0.3, -0.25) is 14.4 Å². The molecule has 284 valence electrons. The van der Waals surface area contributed by atoms with E-state index in [2.05, 4.69) is 42.9 Å². The normalized spacial score (nSPS) is 17.4. The standard InChI is InChI=1S/C29H38N8O.2C2HF3O2/c1-19-23-7-6-20(16-27(23)37(34-19)22-8-13-36(14-9-22)12-4-10-30)29(38)33-28-17-24-21(18-31-28)15-25(32-24)26-5-3-11-35(26)2;2*3-2(4,5)1(6)7/h6-7,15-18,22,26,32H,3-5,8-14,30H2,1-2H3,(H,31,33,38);2*(H,6,7)/t26-;;/m1../s1. The number of carboxylic acid groups (broad SMARTS) is 2. The highest BCUT2D eigenvalue weighted by atomic mass is 19.4. The van der Waals surface area contributed by atoms with E-state index < -0.39 is 24.3 Å². The number of aryl methyl sites for hydroxylation is 1. The number of benzene rings is 1. The third-order valence-electron chi connectivity index (χ3n) is 8.87. The first-order valence-electron chi connectivity index (χ1n) is 16.4. The van der Waals surface area contributed by atoms with Crippen LogP contribution >= 0.6 is 0 Å². The average molecular weight is 743 g/mol. The number of nitrogens with zero attached hydrogens (tertiary/aromatic N) is 5. The third-order valence-corrected chi connectivity index (χ3v) is 8.87. The van der Waals surface area contributed by atoms with Gasteiger partial charge in [-0.25, -0.2) is 14.6 Å². The molecule has 0 spiro atoms. The van der Waals surface area contributed by atoms with Gasteiger partial charge in [-0.1, -0.05) is 6.07 Å². The van der Waals surface area contributed by atoms with Crippen LogP contribution in [0.1, 0.15) is 65.9 Å². The van der Waals surface area contributed by atoms with E-state index in [1.165, 1.54) is 12.1 Å². The lowest BCUT2D eigenvalue weighted by Crippen LogP contribution is -2.36. The molecule has 0 unspecified atom stereocenters. The topological polar surface area (TPSA) is 183 Å². The van der Waals surface area contributed by atoms with E-state index in [4.69, 9.17) is 30.6 Å². The van der Waals surface area contributed by atoms with Crippen molar-refractivity contribution < 1.29 is 50.9 Å². The fourth-order valence-electron chi connectivity index (χ4n) is 6.21. The number of pyridine rings is 1. The van der Waals surface area contributed by atoms with E-state index in [-0.39, 0.29) is 5.91 Å². The fourth-order valence-corrected chi connectivity index (χ4v) is 6.21. The van der Waals surface area contributed by atoms with Gasteiger partial charge in [-0.05, 0) is 83.9 Å². The molecule has 52 heavy (non-hydrogen) atoms. The summed E-state index contributed by atoms with van der Waals surface area (Å²) in [5.41, 5.74) is 10.5. The molecule has 2 aliphatic heterocycles. The Kier molecular flexibility index (Phi) is 12.9. The molecule has 0 radical (unpaired) electrons. The molecule has 1 aromatic carbocycles. The van der Waals surface area contributed by atoms with Crippen molar-refractivity contribution >= 4 is 45.5 Å². The van der Waals surface area contributed by atoms with Gasteiger partial charge in [0, 0.05) is 53.4 Å². The Bertz CT molecular complexity index is 1840. The molecule has 13 nitrogen and oxygen atoms in total. The number of hydrogen-bond acceptors (Lipinski definition) is 8. The molecule has 2 fully saturated rings. The number of aliphatic carboxylic acids is 2. The first-order valence-corrected chi connectivity index (χ1v) is 16.4. The van der Waals surface area contributed by atoms with Crippen LogP contribution < -0.4 is 11.1 Å². The van der Waals surface area contributed by atoms with Crippen LogP contribution in [0.3, 0.4) is 0 Å². The number of H-pyrrole nitrogens is 1. The molecule has 0 bridgehead atoms. The van der Waals surface area contributed by atoms with E-state index >= 15 is 0 Å². The zero-order chi connectivity index (χ0) is 38.4. The van der Waals surface area contributed by atoms with Gasteiger partial charge < -0.3 is 31.1 Å². The Morgan fingerprint density at radius 1 is 0.981 bits per heavy atom. The maximum atomic E-state index is 13.3. The molecule has 3 aromatic heterocycles. The van der Waals surface area contributed by atoms with Crippen molar-refractivity contribution in [1.29, 1.82) is 0 Å². The number of rotatable bonds is 7. The number of carboxylic acids is 2. The highest BCUT2D eigenvalue weighted by Gasteiger charge is 2.39. The Morgan fingerprint density at radius 2 is 1.62 bits per heavy atom. The number of piperidine rings is 1. The number of nitrogens with two attached hydrogens (primary N) is 1. The molecule has 4 aromatic rings. The number of amides is 1. The van der Waals surface area contributed by atoms with Gasteiger partial charge in [-0.2, -0.15) is 31.4 Å². The minimum Gasteiger partial charge on any atom is -0.475 e. The number of carbonyl (C=O) groups excluding carboxylic acids is 1. The average Bonchev–Trinajstić information content (AvgIpc) is 3.79. The van der Waals surface area contributed by atoms with Gasteiger partial charge in [-0.15, -0.1) is 0 Å². The van der Waals surface area contributed by atoms with Crippen molar-refractivity contribution in [2.75, 3.05) is 45.1 Å². The number of aromatic nitrogens is 4. The molecular formula is C33H40F6N8O5. The Hall–Kier alpha value is -4.75. The summed E-state index contributed by atoms with van der Waals surface area (Å²) in [4.78, 5) is 44.0. The lowest BCUT2D eigenvalue weighted by atomic mass is 10.0. The third kappa shape index (κ3) is 10.2. The van der Waals surface area contributed by atoms with Gasteiger partial charge >= 0.3 is 24.3 Å². The number of fused-ring (bicyclic) bond motifs is 2. The van der Waals surface area contributed by atoms with Crippen molar-refractivity contribution in [3.63, 3.8) is 0 Å². The number of carbonyl (C=O) groups is 3. The number of hydrogen-bond donors (Lipinski definition) is 5. The second-order valence-corrected chi connectivity index (χ2v) is 12.6. The molecule has 5 heterocycles. The van der Waals surface area contributed by atoms with Gasteiger partial charge in [0.25, 0.3) is 5.91 Å². The number of alkyl halides is 6. The number of likely N-dealkylation sites (tertiary alicyclic amines) is 2. The van der Waals surface area contributed by atoms with E-state index in [1.807, 2.05) is 37.4 Å². The van der Waals surface area contributed by atoms with Gasteiger partial charge in [0.2, 0.25) is 0 Å². The van der Waals surface area contributed by atoms with Crippen molar-refractivity contribution in [3.05, 3.63) is 53.5 Å². The molecule has 1 atom stereocenters. The summed E-state index contributed by atoms with van der Waals surface area (Å²) in [6.45, 7) is 7.07. The SMILES string of the molecule is Cc1nn(C2CCN(CCCN)CC2)c2cc(C(=O)Nc3cc4[nH]c([C@H]5CCCN5C)cc4cn3)ccc12.O=C(O)C(F)(F)F.O=C(O)C(F)(F)F. The lowest BCUT2D eigenvalue weighted by Gasteiger charge is -2.32. The second-order valence-electron chi connectivity index (χ2n) is 12.6. The molecule has 6 N–H and O–H groups in total. The van der Waals surface area contributed by atoms with Gasteiger partial charge in [0.1, 0.15) is 5.82 Å². The summed E-state index contributed by atoms with van der Waals surface area (Å²) >= 11 is 0. The lowest BCUT2D eigenvalue weighted by molar-refractivity contribution is -0.193. The quantitative estimate of drug-likeness (QED) is 0.152. The van der Waals surface area contributed by atoms with Gasteiger partial charge in [0.15, 0.2) is 0 Å². The minimum absolute atomic E-state index is 0.164. The largest absolute Gasteiger partial charge is 0.490 e. The predicted molar refractivity (Wildman–Crippen MR) is 179 cm³/mol. The van der Waals surface area contributed by atoms with Crippen molar-refractivity contribution in [1.82, 2.24) is 29.5 Å². The van der Waals surface area contributed by atoms with E-state index in [0.717, 1.165) is 85.9 Å². The smallest absolute Gasteiger partial charge is 0.475 e. The monoisotopic (exact) mass is 742 g/mol. The number of nitrogens with one attached hydrogen (secondary N) is 2. The number of anilines is 1. The maximum absolute atomic E-state index is 13.3. The van der Waals surface area contributed by atoms with Crippen LogP contribution in [0.4, 0.5) is 32.2 Å². The Morgan fingerprint density at radius 3 is 2.17 bits per heavy atom. The summed E-state index contributed by atoms with van der Waals surface area (Å²) in [5.74, 6) is -5.13. The summed E-state index contributed by atoms with van der Waals surface area (Å²) in [6, 6.07) is 10.7. The van der Waals surface area contributed by atoms with E-state index in [1.54, 1.807) is 0 Å². The highest BCUT2D eigenvalue weighted by molar-refractivity contribution is 6.06. The number of halogens is 6. The molecule has 19 heteroatoms. The number of aromatic amines is 1. The Labute approximate surface area is 293 Å². The molecule has 0 saturated carbocycles.